The first-order valence-corrected chi connectivity index (χ1v) is 9.23. The van der Waals surface area contributed by atoms with Crippen molar-refractivity contribution in [2.75, 3.05) is 0 Å². The molecule has 0 fully saturated rings. The van der Waals surface area contributed by atoms with Crippen LogP contribution in [0.15, 0.2) is 78.9 Å². The standard InChI is InChI=1S/C25H24/c1-18(2)16-17-22-20-12-6-8-14-23(20)25(19-10-4-3-5-11-19)24-15-9-7-13-21(22)24/h3-15,18H,16-17H2,1-2H3. The minimum absolute atomic E-state index is 0.714. The fourth-order valence-electron chi connectivity index (χ4n) is 3.84. The Hall–Kier alpha value is -2.60. The molecule has 0 heteroatoms. The van der Waals surface area contributed by atoms with E-state index in [0.29, 0.717) is 5.92 Å². The Morgan fingerprint density at radius 3 is 1.60 bits per heavy atom. The molecule has 0 spiro atoms. The summed E-state index contributed by atoms with van der Waals surface area (Å²) >= 11 is 0. The highest BCUT2D eigenvalue weighted by atomic mass is 14.2. The molecule has 0 bridgehead atoms. The van der Waals surface area contributed by atoms with Gasteiger partial charge in [-0.15, -0.1) is 0 Å². The van der Waals surface area contributed by atoms with Gasteiger partial charge in [-0.05, 0) is 57.0 Å². The Labute approximate surface area is 150 Å². The van der Waals surface area contributed by atoms with Gasteiger partial charge in [0.15, 0.2) is 0 Å². The van der Waals surface area contributed by atoms with Crippen LogP contribution in [-0.2, 0) is 6.42 Å². The zero-order chi connectivity index (χ0) is 17.2. The fourth-order valence-corrected chi connectivity index (χ4v) is 3.84. The van der Waals surface area contributed by atoms with Crippen LogP contribution < -0.4 is 0 Å². The normalized spacial score (nSPS) is 11.5. The van der Waals surface area contributed by atoms with Crippen LogP contribution in [0.2, 0.25) is 0 Å². The lowest BCUT2D eigenvalue weighted by Crippen LogP contribution is -1.97. The van der Waals surface area contributed by atoms with Crippen LogP contribution in [0.25, 0.3) is 32.7 Å². The molecular formula is C25H24. The molecule has 4 rings (SSSR count). The number of hydrogen-bond donors (Lipinski definition) is 0. The second-order valence-electron chi connectivity index (χ2n) is 7.24. The third-order valence-electron chi connectivity index (χ3n) is 5.08. The Morgan fingerprint density at radius 1 is 0.600 bits per heavy atom. The van der Waals surface area contributed by atoms with E-state index in [1.807, 2.05) is 0 Å². The van der Waals surface area contributed by atoms with Gasteiger partial charge < -0.3 is 0 Å². The third-order valence-corrected chi connectivity index (χ3v) is 5.08. The van der Waals surface area contributed by atoms with E-state index in [9.17, 15) is 0 Å². The van der Waals surface area contributed by atoms with Gasteiger partial charge >= 0.3 is 0 Å². The molecule has 0 N–H and O–H groups in total. The number of aryl methyl sites for hydroxylation is 1. The van der Waals surface area contributed by atoms with E-state index >= 15 is 0 Å². The molecule has 25 heavy (non-hydrogen) atoms. The molecule has 0 aliphatic carbocycles. The summed E-state index contributed by atoms with van der Waals surface area (Å²) in [7, 11) is 0. The minimum atomic E-state index is 0.714. The molecule has 4 aromatic carbocycles. The molecule has 0 aliphatic heterocycles. The average Bonchev–Trinajstić information content (AvgIpc) is 2.65. The maximum Gasteiger partial charge on any atom is -0.00266 e. The highest BCUT2D eigenvalue weighted by Gasteiger charge is 2.14. The molecule has 0 atom stereocenters. The maximum absolute atomic E-state index is 2.31. The van der Waals surface area contributed by atoms with Crippen molar-refractivity contribution >= 4 is 21.5 Å². The van der Waals surface area contributed by atoms with Crippen molar-refractivity contribution in [3.63, 3.8) is 0 Å². The average molecular weight is 324 g/mol. The SMILES string of the molecule is CC(C)CCc1c2ccccc2c(-c2ccccc2)c2ccccc12. The van der Waals surface area contributed by atoms with E-state index in [4.69, 9.17) is 0 Å². The molecule has 0 amide bonds. The van der Waals surface area contributed by atoms with Gasteiger partial charge in [-0.1, -0.05) is 92.7 Å². The summed E-state index contributed by atoms with van der Waals surface area (Å²) in [5, 5.41) is 5.54. The number of benzene rings is 4. The summed E-state index contributed by atoms with van der Waals surface area (Å²) in [5.74, 6) is 0.714. The van der Waals surface area contributed by atoms with Crippen molar-refractivity contribution in [3.8, 4) is 11.1 Å². The van der Waals surface area contributed by atoms with E-state index in [0.717, 1.165) is 6.42 Å². The van der Waals surface area contributed by atoms with Gasteiger partial charge in [-0.3, -0.25) is 0 Å². The third kappa shape index (κ3) is 2.93. The summed E-state index contributed by atoms with van der Waals surface area (Å²) in [6.07, 6.45) is 2.35. The van der Waals surface area contributed by atoms with Gasteiger partial charge in [0.25, 0.3) is 0 Å². The minimum Gasteiger partial charge on any atom is -0.0628 e. The van der Waals surface area contributed by atoms with Gasteiger partial charge in [-0.25, -0.2) is 0 Å². The summed E-state index contributed by atoms with van der Waals surface area (Å²) in [4.78, 5) is 0. The zero-order valence-corrected chi connectivity index (χ0v) is 15.0. The van der Waals surface area contributed by atoms with Crippen LogP contribution >= 0.6 is 0 Å². The second-order valence-corrected chi connectivity index (χ2v) is 7.24. The molecule has 0 saturated carbocycles. The predicted octanol–water partition coefficient (Wildman–Crippen LogP) is 7.25. The largest absolute Gasteiger partial charge is 0.0628 e. The van der Waals surface area contributed by atoms with Crippen LogP contribution in [0.5, 0.6) is 0 Å². The predicted molar refractivity (Wildman–Crippen MR) is 110 cm³/mol. The lowest BCUT2D eigenvalue weighted by Gasteiger charge is -2.18. The molecule has 0 unspecified atom stereocenters. The molecule has 0 heterocycles. The zero-order valence-electron chi connectivity index (χ0n) is 15.0. The van der Waals surface area contributed by atoms with Crippen LogP contribution in [0.3, 0.4) is 0 Å². The molecule has 0 radical (unpaired) electrons. The molecule has 4 aromatic rings. The summed E-state index contributed by atoms with van der Waals surface area (Å²) in [6.45, 7) is 4.62. The Kier molecular flexibility index (Phi) is 4.28. The van der Waals surface area contributed by atoms with Crippen LogP contribution in [-0.4, -0.2) is 0 Å². The van der Waals surface area contributed by atoms with Gasteiger partial charge in [0, 0.05) is 0 Å². The topological polar surface area (TPSA) is 0 Å². The molecular weight excluding hydrogens is 300 g/mol. The van der Waals surface area contributed by atoms with E-state index < -0.39 is 0 Å². The molecule has 0 nitrogen and oxygen atoms in total. The Bertz CT molecular complexity index is 953. The number of hydrogen-bond acceptors (Lipinski definition) is 0. The van der Waals surface area contributed by atoms with Gasteiger partial charge in [0.2, 0.25) is 0 Å². The first-order chi connectivity index (χ1) is 12.3. The lowest BCUT2D eigenvalue weighted by molar-refractivity contribution is 0.589. The monoisotopic (exact) mass is 324 g/mol. The number of rotatable bonds is 4. The lowest BCUT2D eigenvalue weighted by atomic mass is 9.86. The van der Waals surface area contributed by atoms with Crippen molar-refractivity contribution in [1.29, 1.82) is 0 Å². The summed E-state index contributed by atoms with van der Waals surface area (Å²) in [6, 6.07) is 28.6. The second kappa shape index (κ2) is 6.72. The quantitative estimate of drug-likeness (QED) is 0.347. The van der Waals surface area contributed by atoms with E-state index in [1.54, 1.807) is 0 Å². The fraction of sp³-hybridized carbons (Fsp3) is 0.200. The molecule has 0 aliphatic rings. The highest BCUT2D eigenvalue weighted by molar-refractivity contribution is 6.14. The van der Waals surface area contributed by atoms with Crippen molar-refractivity contribution in [1.82, 2.24) is 0 Å². The van der Waals surface area contributed by atoms with Gasteiger partial charge in [0.1, 0.15) is 0 Å². The van der Waals surface area contributed by atoms with Crippen LogP contribution in [0, 0.1) is 5.92 Å². The molecule has 0 aromatic heterocycles. The number of fused-ring (bicyclic) bond motifs is 2. The smallest absolute Gasteiger partial charge is 0.00266 e. The molecule has 0 saturated heterocycles. The highest BCUT2D eigenvalue weighted by Crippen LogP contribution is 2.39. The van der Waals surface area contributed by atoms with Gasteiger partial charge in [-0.2, -0.15) is 0 Å². The Balaban J connectivity index is 2.10. The van der Waals surface area contributed by atoms with E-state index in [2.05, 4.69) is 92.7 Å². The van der Waals surface area contributed by atoms with Crippen molar-refractivity contribution in [3.05, 3.63) is 84.4 Å². The first-order valence-electron chi connectivity index (χ1n) is 9.23. The van der Waals surface area contributed by atoms with Crippen LogP contribution in [0.1, 0.15) is 25.8 Å². The first kappa shape index (κ1) is 15.9. The van der Waals surface area contributed by atoms with Gasteiger partial charge in [0.05, 0.1) is 0 Å². The molecule has 124 valence electrons. The maximum atomic E-state index is 2.31. The Morgan fingerprint density at radius 2 is 1.08 bits per heavy atom. The van der Waals surface area contributed by atoms with Crippen molar-refractivity contribution in [2.24, 2.45) is 5.92 Å². The van der Waals surface area contributed by atoms with Crippen molar-refractivity contribution in [2.45, 2.75) is 26.7 Å². The summed E-state index contributed by atoms with van der Waals surface area (Å²) < 4.78 is 0. The van der Waals surface area contributed by atoms with Crippen molar-refractivity contribution < 1.29 is 0 Å². The summed E-state index contributed by atoms with van der Waals surface area (Å²) in [5.41, 5.74) is 4.16. The van der Waals surface area contributed by atoms with Crippen LogP contribution in [0.4, 0.5) is 0 Å². The van der Waals surface area contributed by atoms with E-state index in [1.165, 1.54) is 44.7 Å². The van der Waals surface area contributed by atoms with E-state index in [-0.39, 0.29) is 0 Å².